The number of amides is 2. The molecule has 0 saturated heterocycles. The van der Waals surface area contributed by atoms with Crippen molar-refractivity contribution in [2.75, 3.05) is 30.8 Å². The molecule has 2 amide bonds. The second kappa shape index (κ2) is 9.29. The lowest BCUT2D eigenvalue weighted by Crippen LogP contribution is -3.11. The highest BCUT2D eigenvalue weighted by atomic mass is 16.6. The molecule has 8 heteroatoms. The molecular formula is C21H27N4O4+. The molecule has 154 valence electrons. The summed E-state index contributed by atoms with van der Waals surface area (Å²) in [6, 6.07) is 8.71. The molecule has 0 aliphatic heterocycles. The Balaban J connectivity index is 1.97. The molecule has 29 heavy (non-hydrogen) atoms. The van der Waals surface area contributed by atoms with Gasteiger partial charge in [-0.2, -0.15) is 0 Å². The Labute approximate surface area is 170 Å². The third-order valence-corrected chi connectivity index (χ3v) is 4.89. The van der Waals surface area contributed by atoms with Crippen molar-refractivity contribution in [3.05, 3.63) is 62.7 Å². The number of nitrogens with one attached hydrogen (secondary N) is 3. The van der Waals surface area contributed by atoms with Crippen molar-refractivity contribution in [3.8, 4) is 0 Å². The standard InChI is InChI=1S/C21H26N4O4/c1-13-7-6-8-17(16(13)4)22-20(26)11-24(5)12-21(27)23-18-9-14(2)15(3)10-19(18)25(28)29/h6-10H,11-12H2,1-5H3,(H,22,26)(H,23,27)/p+1. The van der Waals surface area contributed by atoms with Crippen LogP contribution in [0.25, 0.3) is 0 Å². The number of quaternary nitrogens is 1. The van der Waals surface area contributed by atoms with Gasteiger partial charge in [0.05, 0.1) is 12.0 Å². The maximum atomic E-state index is 12.3. The Kier molecular flexibility index (Phi) is 7.06. The lowest BCUT2D eigenvalue weighted by atomic mass is 10.1. The minimum absolute atomic E-state index is 0.00426. The number of carbonyl (C=O) groups excluding carboxylic acids is 2. The van der Waals surface area contributed by atoms with Crippen LogP contribution in [0.2, 0.25) is 0 Å². The van der Waals surface area contributed by atoms with Crippen molar-refractivity contribution in [2.45, 2.75) is 27.7 Å². The molecule has 0 aromatic heterocycles. The first kappa shape index (κ1) is 22.0. The number of carbonyl (C=O) groups is 2. The van der Waals surface area contributed by atoms with Crippen LogP contribution in [0, 0.1) is 37.8 Å². The van der Waals surface area contributed by atoms with Crippen LogP contribution >= 0.6 is 0 Å². The average molecular weight is 399 g/mol. The molecule has 1 atom stereocenters. The smallest absolute Gasteiger partial charge is 0.293 e. The average Bonchev–Trinajstić information content (AvgIpc) is 2.61. The second-order valence-corrected chi connectivity index (χ2v) is 7.37. The summed E-state index contributed by atoms with van der Waals surface area (Å²) in [5.74, 6) is -0.602. The van der Waals surface area contributed by atoms with Gasteiger partial charge in [0.2, 0.25) is 0 Å². The van der Waals surface area contributed by atoms with Crippen molar-refractivity contribution in [2.24, 2.45) is 0 Å². The van der Waals surface area contributed by atoms with E-state index in [4.69, 9.17) is 0 Å². The topological polar surface area (TPSA) is 106 Å². The minimum atomic E-state index is -0.518. The summed E-state index contributed by atoms with van der Waals surface area (Å²) in [6.45, 7) is 7.61. The van der Waals surface area contributed by atoms with Crippen LogP contribution in [0.15, 0.2) is 30.3 Å². The molecule has 0 radical (unpaired) electrons. The molecular weight excluding hydrogens is 372 g/mol. The van der Waals surface area contributed by atoms with Crippen molar-refractivity contribution >= 4 is 28.9 Å². The summed E-state index contributed by atoms with van der Waals surface area (Å²) >= 11 is 0. The Hall–Kier alpha value is -3.26. The third kappa shape index (κ3) is 5.86. The van der Waals surface area contributed by atoms with Crippen molar-refractivity contribution in [1.29, 1.82) is 0 Å². The van der Waals surface area contributed by atoms with E-state index in [1.54, 1.807) is 20.0 Å². The molecule has 3 N–H and O–H groups in total. The molecule has 2 rings (SSSR count). The molecule has 0 heterocycles. The number of nitro groups is 1. The summed E-state index contributed by atoms with van der Waals surface area (Å²) in [5, 5.41) is 16.7. The minimum Gasteiger partial charge on any atom is -0.322 e. The Bertz CT molecular complexity index is 956. The lowest BCUT2D eigenvalue weighted by molar-refractivity contribution is -0.862. The highest BCUT2D eigenvalue weighted by Gasteiger charge is 2.20. The van der Waals surface area contributed by atoms with E-state index in [0.717, 1.165) is 27.9 Å². The molecule has 2 aromatic rings. The number of aryl methyl sites for hydroxylation is 3. The number of hydrogen-bond donors (Lipinski definition) is 3. The van der Waals surface area contributed by atoms with Crippen molar-refractivity contribution in [3.63, 3.8) is 0 Å². The fraction of sp³-hybridized carbons (Fsp3) is 0.333. The zero-order valence-electron chi connectivity index (χ0n) is 17.4. The van der Waals surface area contributed by atoms with E-state index in [1.807, 2.05) is 39.0 Å². The first-order valence-electron chi connectivity index (χ1n) is 9.31. The summed E-state index contributed by atoms with van der Waals surface area (Å²) in [7, 11) is 1.72. The van der Waals surface area contributed by atoms with E-state index in [9.17, 15) is 19.7 Å². The van der Waals surface area contributed by atoms with Crippen LogP contribution in [0.4, 0.5) is 17.1 Å². The third-order valence-electron chi connectivity index (χ3n) is 4.89. The number of hydrogen-bond acceptors (Lipinski definition) is 4. The number of nitrogens with zero attached hydrogens (tertiary/aromatic N) is 1. The predicted molar refractivity (Wildman–Crippen MR) is 112 cm³/mol. The van der Waals surface area contributed by atoms with E-state index >= 15 is 0 Å². The van der Waals surface area contributed by atoms with Crippen LogP contribution in [-0.2, 0) is 9.59 Å². The molecule has 1 unspecified atom stereocenters. The van der Waals surface area contributed by atoms with Crippen LogP contribution in [0.5, 0.6) is 0 Å². The van der Waals surface area contributed by atoms with Crippen LogP contribution in [-0.4, -0.2) is 36.9 Å². The zero-order chi connectivity index (χ0) is 21.7. The van der Waals surface area contributed by atoms with Crippen LogP contribution in [0.1, 0.15) is 22.3 Å². The van der Waals surface area contributed by atoms with Gasteiger partial charge in [-0.25, -0.2) is 0 Å². The van der Waals surface area contributed by atoms with Gasteiger partial charge in [-0.1, -0.05) is 12.1 Å². The summed E-state index contributed by atoms with van der Waals surface area (Å²) in [4.78, 5) is 36.0. The molecule has 2 aromatic carbocycles. The first-order chi connectivity index (χ1) is 13.6. The molecule has 0 aliphatic carbocycles. The highest BCUT2D eigenvalue weighted by molar-refractivity contribution is 5.95. The van der Waals surface area contributed by atoms with Crippen molar-refractivity contribution < 1.29 is 19.4 Å². The van der Waals surface area contributed by atoms with Crippen LogP contribution < -0.4 is 15.5 Å². The number of likely N-dealkylation sites (N-methyl/N-ethyl adjacent to an activating group) is 1. The maximum Gasteiger partial charge on any atom is 0.293 e. The van der Waals surface area contributed by atoms with Gasteiger partial charge in [0.1, 0.15) is 5.69 Å². The molecule has 8 nitrogen and oxygen atoms in total. The van der Waals surface area contributed by atoms with Crippen LogP contribution in [0.3, 0.4) is 0 Å². The Morgan fingerprint density at radius 2 is 1.48 bits per heavy atom. The van der Waals surface area contributed by atoms with Gasteiger partial charge in [0.25, 0.3) is 17.5 Å². The van der Waals surface area contributed by atoms with E-state index in [-0.39, 0.29) is 30.4 Å². The summed E-state index contributed by atoms with van der Waals surface area (Å²) in [6.07, 6.45) is 0. The Morgan fingerprint density at radius 1 is 0.931 bits per heavy atom. The molecule has 0 spiro atoms. The molecule has 0 fully saturated rings. The van der Waals surface area contributed by atoms with E-state index in [0.29, 0.717) is 4.90 Å². The van der Waals surface area contributed by atoms with Gasteiger partial charge in [0.15, 0.2) is 13.1 Å². The maximum absolute atomic E-state index is 12.3. The first-order valence-corrected chi connectivity index (χ1v) is 9.31. The number of nitro benzene ring substituents is 1. The number of anilines is 2. The largest absolute Gasteiger partial charge is 0.322 e. The molecule has 0 aliphatic rings. The zero-order valence-corrected chi connectivity index (χ0v) is 17.4. The highest BCUT2D eigenvalue weighted by Crippen LogP contribution is 2.27. The Morgan fingerprint density at radius 3 is 2.07 bits per heavy atom. The quantitative estimate of drug-likeness (QED) is 0.488. The number of rotatable bonds is 7. The van der Waals surface area contributed by atoms with Gasteiger partial charge in [0, 0.05) is 11.8 Å². The van der Waals surface area contributed by atoms with Gasteiger partial charge in [-0.05, 0) is 62.1 Å². The van der Waals surface area contributed by atoms with Gasteiger partial charge in [-0.3, -0.25) is 19.7 Å². The molecule has 0 saturated carbocycles. The van der Waals surface area contributed by atoms with Gasteiger partial charge >= 0.3 is 0 Å². The monoisotopic (exact) mass is 399 g/mol. The summed E-state index contributed by atoms with van der Waals surface area (Å²) < 4.78 is 0. The van der Waals surface area contributed by atoms with Crippen molar-refractivity contribution in [1.82, 2.24) is 0 Å². The lowest BCUT2D eigenvalue weighted by Gasteiger charge is -2.15. The van der Waals surface area contributed by atoms with E-state index in [1.165, 1.54) is 6.07 Å². The van der Waals surface area contributed by atoms with Gasteiger partial charge < -0.3 is 15.5 Å². The van der Waals surface area contributed by atoms with Gasteiger partial charge in [-0.15, -0.1) is 0 Å². The van der Waals surface area contributed by atoms with E-state index in [2.05, 4.69) is 10.6 Å². The fourth-order valence-corrected chi connectivity index (χ4v) is 2.94. The SMILES string of the molecule is Cc1cc(NC(=O)C[NH+](C)CC(=O)Nc2cccc(C)c2C)c([N+](=O)[O-])cc1C. The number of benzene rings is 2. The fourth-order valence-electron chi connectivity index (χ4n) is 2.94. The second-order valence-electron chi connectivity index (χ2n) is 7.37. The normalized spacial score (nSPS) is 11.6. The van der Waals surface area contributed by atoms with E-state index < -0.39 is 10.8 Å². The molecule has 0 bridgehead atoms. The predicted octanol–water partition coefficient (Wildman–Crippen LogP) is 1.92. The summed E-state index contributed by atoms with van der Waals surface area (Å²) in [5.41, 5.74) is 4.47.